The summed E-state index contributed by atoms with van der Waals surface area (Å²) in [6, 6.07) is 0. The van der Waals surface area contributed by atoms with Crippen molar-refractivity contribution in [2.24, 2.45) is 5.92 Å². The molecule has 0 aromatic rings. The topological polar surface area (TPSA) is 43.4 Å². The first-order valence-corrected chi connectivity index (χ1v) is 7.51. The molecule has 2 atom stereocenters. The Labute approximate surface area is 114 Å². The van der Waals surface area contributed by atoms with Gasteiger partial charge in [-0.1, -0.05) is 51.6 Å². The lowest BCUT2D eigenvalue weighted by molar-refractivity contribution is -0.149. The Hall–Kier alpha value is 0.1000. The van der Waals surface area contributed by atoms with Crippen molar-refractivity contribution in [3.63, 3.8) is 0 Å². The minimum absolute atomic E-state index is 0.0193. The smallest absolute Gasteiger partial charge is 0.310 e. The first-order valence-electron chi connectivity index (χ1n) is 5.47. The lowest BCUT2D eigenvalue weighted by Gasteiger charge is -2.19. The van der Waals surface area contributed by atoms with Crippen LogP contribution in [-0.4, -0.2) is 28.5 Å². The maximum absolute atomic E-state index is 11.7. The fourth-order valence-corrected chi connectivity index (χ4v) is 2.78. The third kappa shape index (κ3) is 5.43. The van der Waals surface area contributed by atoms with Gasteiger partial charge in [0.2, 0.25) is 0 Å². The van der Waals surface area contributed by atoms with Crippen LogP contribution in [0, 0.1) is 5.92 Å². The lowest BCUT2D eigenvalue weighted by Crippen LogP contribution is -2.32. The van der Waals surface area contributed by atoms with Crippen LogP contribution >= 0.6 is 31.9 Å². The maximum Gasteiger partial charge on any atom is 0.310 e. The molecule has 3 nitrogen and oxygen atoms in total. The minimum atomic E-state index is -0.447. The van der Waals surface area contributed by atoms with Gasteiger partial charge in [-0.05, 0) is 13.3 Å². The van der Waals surface area contributed by atoms with Crippen molar-refractivity contribution in [3.8, 4) is 0 Å². The Morgan fingerprint density at radius 2 is 1.94 bits per heavy atom. The van der Waals surface area contributed by atoms with E-state index >= 15 is 0 Å². The first kappa shape index (κ1) is 16.1. The molecule has 0 radical (unpaired) electrons. The van der Waals surface area contributed by atoms with Gasteiger partial charge in [0.25, 0.3) is 0 Å². The van der Waals surface area contributed by atoms with Gasteiger partial charge in [0.15, 0.2) is 5.78 Å². The number of hydrogen-bond donors (Lipinski definition) is 0. The highest BCUT2D eigenvalue weighted by atomic mass is 79.9. The number of halogens is 2. The second-order valence-electron chi connectivity index (χ2n) is 3.50. The normalized spacial score (nSPS) is 14.2. The third-order valence-electron chi connectivity index (χ3n) is 2.25. The van der Waals surface area contributed by atoms with Gasteiger partial charge in [-0.15, -0.1) is 0 Å². The number of unbranched alkanes of at least 4 members (excludes halogenated alkanes) is 1. The van der Waals surface area contributed by atoms with Crippen LogP contribution in [0.5, 0.6) is 0 Å². The lowest BCUT2D eigenvalue weighted by atomic mass is 9.96. The largest absolute Gasteiger partial charge is 0.466 e. The first-order chi connectivity index (χ1) is 7.58. The summed E-state index contributed by atoms with van der Waals surface area (Å²) in [6.07, 6.45) is 2.60. The molecule has 0 fully saturated rings. The van der Waals surface area contributed by atoms with Crippen LogP contribution in [0.4, 0.5) is 0 Å². The molecular weight excluding hydrogens is 340 g/mol. The number of carbonyl (C=O) groups is 2. The number of ketones is 1. The van der Waals surface area contributed by atoms with Crippen molar-refractivity contribution in [2.75, 3.05) is 11.9 Å². The van der Waals surface area contributed by atoms with E-state index in [2.05, 4.69) is 38.8 Å². The highest BCUT2D eigenvalue weighted by molar-refractivity contribution is 9.10. The predicted octanol–water partition coefficient (Wildman–Crippen LogP) is 3.08. The van der Waals surface area contributed by atoms with Crippen LogP contribution in [-0.2, 0) is 14.3 Å². The molecule has 0 aliphatic rings. The van der Waals surface area contributed by atoms with E-state index in [0.717, 1.165) is 12.8 Å². The number of ether oxygens (including phenoxy) is 1. The molecule has 0 spiro atoms. The third-order valence-corrected chi connectivity index (χ3v) is 3.95. The average Bonchev–Trinajstić information content (AvgIpc) is 2.28. The Bertz CT molecular complexity index is 231. The van der Waals surface area contributed by atoms with E-state index in [0.29, 0.717) is 13.0 Å². The zero-order chi connectivity index (χ0) is 12.6. The molecule has 0 amide bonds. The van der Waals surface area contributed by atoms with Crippen LogP contribution in [0.2, 0.25) is 0 Å². The van der Waals surface area contributed by atoms with Crippen LogP contribution in [0.3, 0.4) is 0 Å². The van der Waals surface area contributed by atoms with E-state index in [4.69, 9.17) is 4.74 Å². The van der Waals surface area contributed by atoms with Crippen molar-refractivity contribution in [1.29, 1.82) is 0 Å². The molecule has 0 aromatic heterocycles. The number of alkyl halides is 2. The molecule has 0 saturated heterocycles. The van der Waals surface area contributed by atoms with Gasteiger partial charge < -0.3 is 4.74 Å². The number of hydrogen-bond acceptors (Lipinski definition) is 3. The predicted molar refractivity (Wildman–Crippen MR) is 71.2 cm³/mol. The summed E-state index contributed by atoms with van der Waals surface area (Å²) in [4.78, 5) is 22.8. The molecule has 0 bridgehead atoms. The summed E-state index contributed by atoms with van der Waals surface area (Å²) in [5.74, 6) is -0.675. The van der Waals surface area contributed by atoms with Crippen LogP contribution < -0.4 is 0 Å². The van der Waals surface area contributed by atoms with Crippen LogP contribution in [0.15, 0.2) is 0 Å². The zero-order valence-electron chi connectivity index (χ0n) is 9.67. The highest BCUT2D eigenvalue weighted by Crippen LogP contribution is 2.22. The molecule has 0 aliphatic heterocycles. The molecule has 94 valence electrons. The fourth-order valence-electron chi connectivity index (χ4n) is 1.36. The molecule has 0 heterocycles. The van der Waals surface area contributed by atoms with E-state index < -0.39 is 4.83 Å². The van der Waals surface area contributed by atoms with Crippen molar-refractivity contribution < 1.29 is 14.3 Å². The Kier molecular flexibility index (Phi) is 9.22. The highest BCUT2D eigenvalue weighted by Gasteiger charge is 2.31. The van der Waals surface area contributed by atoms with Crippen molar-refractivity contribution in [2.45, 2.75) is 37.9 Å². The van der Waals surface area contributed by atoms with E-state index in [1.807, 2.05) is 0 Å². The van der Waals surface area contributed by atoms with Crippen molar-refractivity contribution in [1.82, 2.24) is 0 Å². The second kappa shape index (κ2) is 9.16. The molecule has 0 rings (SSSR count). The quantitative estimate of drug-likeness (QED) is 0.495. The van der Waals surface area contributed by atoms with E-state index in [-0.39, 0.29) is 23.0 Å². The van der Waals surface area contributed by atoms with Gasteiger partial charge in [-0.3, -0.25) is 9.59 Å². The number of esters is 1. The van der Waals surface area contributed by atoms with E-state index in [9.17, 15) is 9.59 Å². The summed E-state index contributed by atoms with van der Waals surface area (Å²) < 4.78 is 4.98. The molecule has 0 aromatic carbocycles. The van der Waals surface area contributed by atoms with Crippen LogP contribution in [0.1, 0.15) is 33.1 Å². The Balaban J connectivity index is 4.51. The monoisotopic (exact) mass is 356 g/mol. The average molecular weight is 358 g/mol. The molecule has 16 heavy (non-hydrogen) atoms. The van der Waals surface area contributed by atoms with E-state index in [1.54, 1.807) is 6.92 Å². The van der Waals surface area contributed by atoms with Gasteiger partial charge >= 0.3 is 5.97 Å². The van der Waals surface area contributed by atoms with Gasteiger partial charge in [-0.25, -0.2) is 0 Å². The van der Waals surface area contributed by atoms with Crippen molar-refractivity contribution >= 4 is 43.6 Å². The van der Waals surface area contributed by atoms with Gasteiger partial charge in [-0.2, -0.15) is 0 Å². The molecular formula is C11H18Br2O3. The standard InChI is InChI=1S/C11H18Br2O3/c1-3-5-6-8(11(15)16-4-2)10(13)9(14)7-12/h8,10H,3-7H2,1-2H3. The summed E-state index contributed by atoms with van der Waals surface area (Å²) in [5.41, 5.74) is 0. The molecule has 2 unspecified atom stereocenters. The Morgan fingerprint density at radius 3 is 2.38 bits per heavy atom. The number of carbonyl (C=O) groups excluding carboxylic acids is 2. The molecule has 0 saturated carbocycles. The fraction of sp³-hybridized carbons (Fsp3) is 0.818. The van der Waals surface area contributed by atoms with Gasteiger partial charge in [0, 0.05) is 0 Å². The SMILES string of the molecule is CCCCC(C(=O)OCC)C(Br)C(=O)CBr. The molecule has 5 heteroatoms. The second-order valence-corrected chi connectivity index (χ2v) is 5.05. The van der Waals surface area contributed by atoms with E-state index in [1.165, 1.54) is 0 Å². The summed E-state index contributed by atoms with van der Waals surface area (Å²) in [5, 5.41) is 0.255. The minimum Gasteiger partial charge on any atom is -0.466 e. The number of Topliss-reactive ketones (excluding diaryl/α,β-unsaturated/α-hetero) is 1. The summed E-state index contributed by atoms with van der Waals surface area (Å²) in [7, 11) is 0. The van der Waals surface area contributed by atoms with Gasteiger partial charge in [0.05, 0.1) is 22.7 Å². The summed E-state index contributed by atoms with van der Waals surface area (Å²) in [6.45, 7) is 4.17. The van der Waals surface area contributed by atoms with Crippen molar-refractivity contribution in [3.05, 3.63) is 0 Å². The molecule has 0 N–H and O–H groups in total. The Morgan fingerprint density at radius 1 is 1.31 bits per heavy atom. The number of rotatable bonds is 8. The van der Waals surface area contributed by atoms with Gasteiger partial charge in [0.1, 0.15) is 0 Å². The maximum atomic E-state index is 11.7. The summed E-state index contributed by atoms with van der Waals surface area (Å²) >= 11 is 6.40. The molecule has 0 aliphatic carbocycles. The zero-order valence-corrected chi connectivity index (χ0v) is 12.8. The van der Waals surface area contributed by atoms with Crippen LogP contribution in [0.25, 0.3) is 0 Å².